The molecule has 21 heavy (non-hydrogen) atoms. The molecule has 2 aromatic heterocycles. The summed E-state index contributed by atoms with van der Waals surface area (Å²) in [6.45, 7) is 1.83. The van der Waals surface area contributed by atoms with Crippen molar-refractivity contribution in [1.29, 1.82) is 0 Å². The summed E-state index contributed by atoms with van der Waals surface area (Å²) < 4.78 is 6.72. The highest BCUT2D eigenvalue weighted by molar-refractivity contribution is 5.95. The molecule has 3 rings (SSSR count). The third kappa shape index (κ3) is 2.31. The van der Waals surface area contributed by atoms with E-state index in [4.69, 9.17) is 4.42 Å². The minimum atomic E-state index is -1.16. The number of furan rings is 1. The zero-order valence-electron chi connectivity index (χ0n) is 11.2. The maximum atomic E-state index is 11.9. The van der Waals surface area contributed by atoms with E-state index in [0.717, 1.165) is 0 Å². The van der Waals surface area contributed by atoms with Crippen LogP contribution in [0.1, 0.15) is 21.8 Å². The van der Waals surface area contributed by atoms with E-state index in [0.29, 0.717) is 22.2 Å². The summed E-state index contributed by atoms with van der Waals surface area (Å²) in [5.41, 5.74) is 1.33. The Balaban J connectivity index is 2.17. The molecule has 1 aromatic carbocycles. The van der Waals surface area contributed by atoms with E-state index in [1.165, 1.54) is 17.0 Å². The van der Waals surface area contributed by atoms with Crippen molar-refractivity contribution >= 4 is 16.9 Å². The predicted molar refractivity (Wildman–Crippen MR) is 75.5 cm³/mol. The van der Waals surface area contributed by atoms with Crippen LogP contribution in [0, 0.1) is 6.92 Å². The van der Waals surface area contributed by atoms with Gasteiger partial charge in [-0.2, -0.15) is 0 Å². The van der Waals surface area contributed by atoms with Gasteiger partial charge in [-0.15, -0.1) is 0 Å². The standard InChI is InChI=1S/C15H12N2O4/c1-9-6-13(18)17(8-16-9)7-11-10-4-2-3-5-12(10)21-14(11)15(19)20/h2-6,8H,7H2,1H3,(H,19,20). The van der Waals surface area contributed by atoms with Gasteiger partial charge in [0.25, 0.3) is 5.56 Å². The van der Waals surface area contributed by atoms with Crippen molar-refractivity contribution in [3.8, 4) is 0 Å². The van der Waals surface area contributed by atoms with E-state index in [1.807, 2.05) is 0 Å². The number of carboxylic acid groups (broad SMARTS) is 1. The molecule has 0 saturated carbocycles. The largest absolute Gasteiger partial charge is 0.475 e. The van der Waals surface area contributed by atoms with Crippen LogP contribution in [0.5, 0.6) is 0 Å². The molecule has 106 valence electrons. The zero-order valence-corrected chi connectivity index (χ0v) is 11.2. The molecule has 0 saturated heterocycles. The monoisotopic (exact) mass is 284 g/mol. The number of aromatic nitrogens is 2. The van der Waals surface area contributed by atoms with Crippen LogP contribution < -0.4 is 5.56 Å². The number of hydrogen-bond donors (Lipinski definition) is 1. The number of hydrogen-bond acceptors (Lipinski definition) is 4. The van der Waals surface area contributed by atoms with Crippen molar-refractivity contribution < 1.29 is 14.3 Å². The summed E-state index contributed by atoms with van der Waals surface area (Å²) in [6.07, 6.45) is 1.41. The first-order chi connectivity index (χ1) is 10.1. The fourth-order valence-corrected chi connectivity index (χ4v) is 2.23. The molecule has 1 N–H and O–H groups in total. The number of para-hydroxylation sites is 1. The molecule has 0 bridgehead atoms. The highest BCUT2D eigenvalue weighted by atomic mass is 16.4. The molecule has 0 radical (unpaired) electrons. The Morgan fingerprint density at radius 3 is 2.86 bits per heavy atom. The molecule has 0 spiro atoms. The first-order valence-corrected chi connectivity index (χ1v) is 6.33. The molecular weight excluding hydrogens is 272 g/mol. The highest BCUT2D eigenvalue weighted by Crippen LogP contribution is 2.26. The van der Waals surface area contributed by atoms with Gasteiger partial charge in [0.2, 0.25) is 5.76 Å². The lowest BCUT2D eigenvalue weighted by Gasteiger charge is -2.05. The number of rotatable bonds is 3. The van der Waals surface area contributed by atoms with Crippen molar-refractivity contribution in [3.63, 3.8) is 0 Å². The Kier molecular flexibility index (Phi) is 3.06. The van der Waals surface area contributed by atoms with Crippen LogP contribution >= 0.6 is 0 Å². The minimum Gasteiger partial charge on any atom is -0.475 e. The number of carbonyl (C=O) groups is 1. The van der Waals surface area contributed by atoms with Crippen molar-refractivity contribution in [1.82, 2.24) is 9.55 Å². The minimum absolute atomic E-state index is 0.102. The number of benzene rings is 1. The fraction of sp³-hybridized carbons (Fsp3) is 0.133. The normalized spacial score (nSPS) is 10.9. The summed E-state index contributed by atoms with van der Waals surface area (Å²) in [6, 6.07) is 8.43. The van der Waals surface area contributed by atoms with E-state index in [1.54, 1.807) is 31.2 Å². The number of fused-ring (bicyclic) bond motifs is 1. The van der Waals surface area contributed by atoms with Gasteiger partial charge in [0.1, 0.15) is 5.58 Å². The van der Waals surface area contributed by atoms with Crippen LogP contribution in [0.25, 0.3) is 11.0 Å². The first-order valence-electron chi connectivity index (χ1n) is 6.33. The molecule has 0 atom stereocenters. The SMILES string of the molecule is Cc1cc(=O)n(Cc2c(C(=O)O)oc3ccccc23)cn1. The van der Waals surface area contributed by atoms with Crippen LogP contribution in [-0.4, -0.2) is 20.6 Å². The smallest absolute Gasteiger partial charge is 0.372 e. The van der Waals surface area contributed by atoms with Gasteiger partial charge in [-0.05, 0) is 13.0 Å². The zero-order chi connectivity index (χ0) is 15.0. The van der Waals surface area contributed by atoms with Gasteiger partial charge in [-0.3, -0.25) is 9.36 Å². The first kappa shape index (κ1) is 13.1. The molecule has 6 heteroatoms. The van der Waals surface area contributed by atoms with Crippen LogP contribution in [-0.2, 0) is 6.54 Å². The fourth-order valence-electron chi connectivity index (χ4n) is 2.23. The second-order valence-electron chi connectivity index (χ2n) is 4.71. The van der Waals surface area contributed by atoms with Gasteiger partial charge in [0, 0.05) is 22.7 Å². The van der Waals surface area contributed by atoms with E-state index < -0.39 is 5.97 Å². The molecule has 3 aromatic rings. The third-order valence-electron chi connectivity index (χ3n) is 3.24. The van der Waals surface area contributed by atoms with Crippen LogP contribution in [0.3, 0.4) is 0 Å². The second-order valence-corrected chi connectivity index (χ2v) is 4.71. The van der Waals surface area contributed by atoms with E-state index in [-0.39, 0.29) is 17.9 Å². The summed E-state index contributed by atoms with van der Waals surface area (Å²) in [7, 11) is 0. The summed E-state index contributed by atoms with van der Waals surface area (Å²) in [4.78, 5) is 27.3. The number of carboxylic acids is 1. The lowest BCUT2D eigenvalue weighted by Crippen LogP contribution is -2.21. The van der Waals surface area contributed by atoms with Gasteiger partial charge in [0.05, 0.1) is 12.9 Å². The van der Waals surface area contributed by atoms with Gasteiger partial charge in [0.15, 0.2) is 0 Å². The Bertz CT molecular complexity index is 892. The average Bonchev–Trinajstić information content (AvgIpc) is 2.81. The summed E-state index contributed by atoms with van der Waals surface area (Å²) >= 11 is 0. The molecule has 0 aliphatic rings. The Morgan fingerprint density at radius 2 is 2.14 bits per heavy atom. The van der Waals surface area contributed by atoms with Crippen molar-refractivity contribution in [2.24, 2.45) is 0 Å². The molecular formula is C15H12N2O4. The van der Waals surface area contributed by atoms with E-state index in [9.17, 15) is 14.7 Å². The lowest BCUT2D eigenvalue weighted by atomic mass is 10.1. The molecule has 2 heterocycles. The van der Waals surface area contributed by atoms with Gasteiger partial charge >= 0.3 is 5.97 Å². The topological polar surface area (TPSA) is 85.3 Å². The lowest BCUT2D eigenvalue weighted by molar-refractivity contribution is 0.0663. The number of nitrogens with zero attached hydrogens (tertiary/aromatic N) is 2. The average molecular weight is 284 g/mol. The van der Waals surface area contributed by atoms with Crippen molar-refractivity contribution in [2.75, 3.05) is 0 Å². The summed E-state index contributed by atoms with van der Waals surface area (Å²) in [5.74, 6) is -1.31. The second kappa shape index (κ2) is 4.90. The predicted octanol–water partition coefficient (Wildman–Crippen LogP) is 2.04. The van der Waals surface area contributed by atoms with Crippen LogP contribution in [0.2, 0.25) is 0 Å². The molecule has 6 nitrogen and oxygen atoms in total. The van der Waals surface area contributed by atoms with E-state index >= 15 is 0 Å². The van der Waals surface area contributed by atoms with Crippen molar-refractivity contribution in [3.05, 3.63) is 64.0 Å². The number of aromatic carboxylic acids is 1. The molecule has 0 aliphatic carbocycles. The Labute approximate surface area is 119 Å². The third-order valence-corrected chi connectivity index (χ3v) is 3.24. The van der Waals surface area contributed by atoms with Crippen LogP contribution in [0.15, 0.2) is 45.9 Å². The van der Waals surface area contributed by atoms with Gasteiger partial charge in [-0.25, -0.2) is 9.78 Å². The summed E-state index contributed by atoms with van der Waals surface area (Å²) in [5, 5.41) is 9.94. The molecule has 0 aliphatic heterocycles. The molecule has 0 fully saturated rings. The van der Waals surface area contributed by atoms with Gasteiger partial charge < -0.3 is 9.52 Å². The quantitative estimate of drug-likeness (QED) is 0.795. The van der Waals surface area contributed by atoms with Gasteiger partial charge in [-0.1, -0.05) is 18.2 Å². The van der Waals surface area contributed by atoms with E-state index in [2.05, 4.69) is 4.98 Å². The Hall–Kier alpha value is -2.89. The highest BCUT2D eigenvalue weighted by Gasteiger charge is 2.20. The maximum absolute atomic E-state index is 11.9. The molecule has 0 unspecified atom stereocenters. The number of aryl methyl sites for hydroxylation is 1. The Morgan fingerprint density at radius 1 is 1.38 bits per heavy atom. The maximum Gasteiger partial charge on any atom is 0.372 e. The van der Waals surface area contributed by atoms with Crippen molar-refractivity contribution in [2.45, 2.75) is 13.5 Å². The molecule has 0 amide bonds. The van der Waals surface area contributed by atoms with Crippen LogP contribution in [0.4, 0.5) is 0 Å².